The number of likely N-dealkylation sites (tertiary alicyclic amines) is 1. The molecule has 1 saturated heterocycles. The van der Waals surface area contributed by atoms with Crippen LogP contribution >= 0.6 is 0 Å². The molecule has 1 aromatic carbocycles. The van der Waals surface area contributed by atoms with E-state index >= 15 is 0 Å². The molecule has 3 rings (SSSR count). The number of hydrogen-bond acceptors (Lipinski definition) is 5. The summed E-state index contributed by atoms with van der Waals surface area (Å²) in [6, 6.07) is 10.9. The monoisotopic (exact) mass is 368 g/mol. The second kappa shape index (κ2) is 9.51. The van der Waals surface area contributed by atoms with Gasteiger partial charge in [0.1, 0.15) is 0 Å². The molecular weight excluding hydrogens is 344 g/mol. The van der Waals surface area contributed by atoms with E-state index in [4.69, 9.17) is 0 Å². The van der Waals surface area contributed by atoms with Crippen molar-refractivity contribution in [2.45, 2.75) is 12.8 Å². The molecule has 8 nitrogen and oxygen atoms in total. The maximum atomic E-state index is 12.4. The standard InChI is InChI=1S/C19H24N6O2/c26-17(20-11-12-23-18-21-9-5-10-22-18)15-6-4-13-25(14-15)19(27)24-16-7-2-1-3-8-16/h1-3,5,7-10,15H,4,6,11-14H2,(H,20,26)(H,24,27)(H,21,22,23)/t15-/m0/s1. The van der Waals surface area contributed by atoms with Crippen LogP contribution in [-0.4, -0.2) is 53.0 Å². The summed E-state index contributed by atoms with van der Waals surface area (Å²) in [5.41, 5.74) is 0.753. The van der Waals surface area contributed by atoms with Crippen LogP contribution in [0.4, 0.5) is 16.4 Å². The summed E-state index contributed by atoms with van der Waals surface area (Å²) in [6.07, 6.45) is 4.92. The Morgan fingerprint density at radius 2 is 1.85 bits per heavy atom. The quantitative estimate of drug-likeness (QED) is 0.677. The van der Waals surface area contributed by atoms with Crippen LogP contribution in [0.25, 0.3) is 0 Å². The predicted molar refractivity (Wildman–Crippen MR) is 103 cm³/mol. The molecule has 1 aromatic heterocycles. The van der Waals surface area contributed by atoms with Gasteiger partial charge >= 0.3 is 6.03 Å². The first kappa shape index (κ1) is 18.6. The zero-order chi connectivity index (χ0) is 18.9. The average Bonchev–Trinajstić information content (AvgIpc) is 2.72. The number of piperidine rings is 1. The number of nitrogens with zero attached hydrogens (tertiary/aromatic N) is 3. The van der Waals surface area contributed by atoms with E-state index in [9.17, 15) is 9.59 Å². The van der Waals surface area contributed by atoms with Gasteiger partial charge in [-0.05, 0) is 31.0 Å². The fourth-order valence-corrected chi connectivity index (χ4v) is 2.99. The van der Waals surface area contributed by atoms with E-state index in [1.165, 1.54) is 0 Å². The molecule has 142 valence electrons. The van der Waals surface area contributed by atoms with Crippen molar-refractivity contribution in [1.82, 2.24) is 20.2 Å². The molecule has 1 aliphatic rings. The van der Waals surface area contributed by atoms with Crippen LogP contribution in [0.2, 0.25) is 0 Å². The van der Waals surface area contributed by atoms with Gasteiger partial charge in [0.15, 0.2) is 0 Å². The van der Waals surface area contributed by atoms with Crippen LogP contribution in [0.15, 0.2) is 48.8 Å². The van der Waals surface area contributed by atoms with Gasteiger partial charge in [0, 0.05) is 44.3 Å². The van der Waals surface area contributed by atoms with E-state index in [-0.39, 0.29) is 17.9 Å². The summed E-state index contributed by atoms with van der Waals surface area (Å²) >= 11 is 0. The smallest absolute Gasteiger partial charge is 0.321 e. The highest BCUT2D eigenvalue weighted by atomic mass is 16.2. The second-order valence-corrected chi connectivity index (χ2v) is 6.37. The molecule has 0 unspecified atom stereocenters. The van der Waals surface area contributed by atoms with Gasteiger partial charge in [-0.3, -0.25) is 4.79 Å². The maximum absolute atomic E-state index is 12.4. The summed E-state index contributed by atoms with van der Waals surface area (Å²) < 4.78 is 0. The highest BCUT2D eigenvalue weighted by Crippen LogP contribution is 2.18. The van der Waals surface area contributed by atoms with Gasteiger partial charge in [-0.1, -0.05) is 18.2 Å². The van der Waals surface area contributed by atoms with Gasteiger partial charge in [-0.2, -0.15) is 0 Å². The number of rotatable bonds is 6. The normalized spacial score (nSPS) is 16.4. The topological polar surface area (TPSA) is 99.2 Å². The molecular formula is C19H24N6O2. The minimum atomic E-state index is -0.187. The Morgan fingerprint density at radius 1 is 1.07 bits per heavy atom. The van der Waals surface area contributed by atoms with Crippen molar-refractivity contribution in [2.24, 2.45) is 5.92 Å². The third-order valence-corrected chi connectivity index (χ3v) is 4.38. The molecule has 0 spiro atoms. The van der Waals surface area contributed by atoms with Crippen LogP contribution in [0, 0.1) is 5.92 Å². The van der Waals surface area contributed by atoms with E-state index in [0.717, 1.165) is 18.5 Å². The molecule has 0 bridgehead atoms. The first-order chi connectivity index (χ1) is 13.2. The first-order valence-corrected chi connectivity index (χ1v) is 9.12. The van der Waals surface area contributed by atoms with Gasteiger partial charge in [0.05, 0.1) is 5.92 Å². The summed E-state index contributed by atoms with van der Waals surface area (Å²) in [6.45, 7) is 2.11. The number of carbonyl (C=O) groups is 2. The number of benzene rings is 1. The Hall–Kier alpha value is -3.16. The van der Waals surface area contributed by atoms with Crippen molar-refractivity contribution >= 4 is 23.6 Å². The fourth-order valence-electron chi connectivity index (χ4n) is 2.99. The summed E-state index contributed by atoms with van der Waals surface area (Å²) in [5.74, 6) is 0.324. The largest absolute Gasteiger partial charge is 0.354 e. The lowest BCUT2D eigenvalue weighted by Gasteiger charge is -2.32. The number of urea groups is 1. The van der Waals surface area contributed by atoms with Gasteiger partial charge in [0.2, 0.25) is 11.9 Å². The lowest BCUT2D eigenvalue weighted by atomic mass is 9.97. The van der Waals surface area contributed by atoms with Crippen LogP contribution in [0.3, 0.4) is 0 Å². The van der Waals surface area contributed by atoms with Crippen molar-refractivity contribution < 1.29 is 9.59 Å². The van der Waals surface area contributed by atoms with Crippen LogP contribution in [-0.2, 0) is 4.79 Å². The van der Waals surface area contributed by atoms with Crippen molar-refractivity contribution in [3.05, 3.63) is 48.8 Å². The van der Waals surface area contributed by atoms with E-state index in [2.05, 4.69) is 25.9 Å². The highest BCUT2D eigenvalue weighted by Gasteiger charge is 2.28. The number of anilines is 2. The minimum absolute atomic E-state index is 0.0250. The third kappa shape index (κ3) is 5.67. The number of para-hydroxylation sites is 1. The molecule has 1 fully saturated rings. The Morgan fingerprint density at radius 3 is 2.63 bits per heavy atom. The number of nitrogens with one attached hydrogen (secondary N) is 3. The van der Waals surface area contributed by atoms with Crippen molar-refractivity contribution in [3.63, 3.8) is 0 Å². The zero-order valence-corrected chi connectivity index (χ0v) is 15.1. The molecule has 3 N–H and O–H groups in total. The third-order valence-electron chi connectivity index (χ3n) is 4.38. The highest BCUT2D eigenvalue weighted by molar-refractivity contribution is 5.90. The fraction of sp³-hybridized carbons (Fsp3) is 0.368. The van der Waals surface area contributed by atoms with E-state index in [0.29, 0.717) is 32.1 Å². The molecule has 3 amide bonds. The molecule has 0 saturated carbocycles. The van der Waals surface area contributed by atoms with Crippen LogP contribution in [0.1, 0.15) is 12.8 Å². The first-order valence-electron chi connectivity index (χ1n) is 9.12. The van der Waals surface area contributed by atoms with Gasteiger partial charge < -0.3 is 20.9 Å². The lowest BCUT2D eigenvalue weighted by molar-refractivity contribution is -0.126. The van der Waals surface area contributed by atoms with E-state index in [1.54, 1.807) is 23.4 Å². The zero-order valence-electron chi connectivity index (χ0n) is 15.1. The van der Waals surface area contributed by atoms with Crippen molar-refractivity contribution in [2.75, 3.05) is 36.8 Å². The number of hydrogen-bond donors (Lipinski definition) is 3. The molecule has 27 heavy (non-hydrogen) atoms. The van der Waals surface area contributed by atoms with Crippen molar-refractivity contribution in [3.8, 4) is 0 Å². The number of aromatic nitrogens is 2. The Labute approximate surface area is 158 Å². The molecule has 1 atom stereocenters. The van der Waals surface area contributed by atoms with Crippen LogP contribution < -0.4 is 16.0 Å². The number of amides is 3. The van der Waals surface area contributed by atoms with Gasteiger partial charge in [-0.15, -0.1) is 0 Å². The SMILES string of the molecule is O=C(NCCNc1ncccn1)[C@H]1CCCN(C(=O)Nc2ccccc2)C1. The molecule has 0 radical (unpaired) electrons. The Bertz CT molecular complexity index is 740. The van der Waals surface area contributed by atoms with E-state index in [1.807, 2.05) is 30.3 Å². The molecule has 8 heteroatoms. The Kier molecular flexibility index (Phi) is 6.56. The summed E-state index contributed by atoms with van der Waals surface area (Å²) in [5, 5.41) is 8.84. The molecule has 0 aliphatic carbocycles. The van der Waals surface area contributed by atoms with Crippen molar-refractivity contribution in [1.29, 1.82) is 0 Å². The second-order valence-electron chi connectivity index (χ2n) is 6.37. The number of carbonyl (C=O) groups excluding carboxylic acids is 2. The minimum Gasteiger partial charge on any atom is -0.354 e. The summed E-state index contributed by atoms with van der Waals surface area (Å²) in [7, 11) is 0. The molecule has 2 heterocycles. The Balaban J connectivity index is 1.41. The van der Waals surface area contributed by atoms with Crippen LogP contribution in [0.5, 0.6) is 0 Å². The molecule has 1 aliphatic heterocycles. The van der Waals surface area contributed by atoms with E-state index < -0.39 is 0 Å². The lowest BCUT2D eigenvalue weighted by Crippen LogP contribution is -2.47. The summed E-state index contributed by atoms with van der Waals surface area (Å²) in [4.78, 5) is 34.7. The predicted octanol–water partition coefficient (Wildman–Crippen LogP) is 1.95. The van der Waals surface area contributed by atoms with Gasteiger partial charge in [0.25, 0.3) is 0 Å². The average molecular weight is 368 g/mol. The maximum Gasteiger partial charge on any atom is 0.321 e. The molecule has 2 aromatic rings. The van der Waals surface area contributed by atoms with Gasteiger partial charge in [-0.25, -0.2) is 14.8 Å².